The molecular formula is C7H11CaNO4. The van der Waals surface area contributed by atoms with E-state index in [0.29, 0.717) is 0 Å². The zero-order chi connectivity index (χ0) is 9.40. The second-order valence-electron chi connectivity index (χ2n) is 1.75. The summed E-state index contributed by atoms with van der Waals surface area (Å²) in [6.07, 6.45) is 0. The molecule has 0 amide bonds. The van der Waals surface area contributed by atoms with Crippen LogP contribution >= 0.6 is 0 Å². The van der Waals surface area contributed by atoms with E-state index in [2.05, 4.69) is 4.84 Å². The summed E-state index contributed by atoms with van der Waals surface area (Å²) in [6.45, 7) is 0. The second-order valence-corrected chi connectivity index (χ2v) is 1.75. The number of nitrogens with zero attached hydrogens (tertiary/aromatic N) is 1. The average Bonchev–Trinajstić information content (AvgIpc) is 2.11. The van der Waals surface area contributed by atoms with Gasteiger partial charge < -0.3 is 17.9 Å². The molecule has 1 aromatic carbocycles. The Bertz CT molecular complexity index is 231. The van der Waals surface area contributed by atoms with Crippen LogP contribution in [-0.4, -0.2) is 55.1 Å². The molecule has 0 bridgehead atoms. The molecule has 0 aliphatic heterocycles. The van der Waals surface area contributed by atoms with Crippen molar-refractivity contribution in [2.24, 2.45) is 5.34 Å². The van der Waals surface area contributed by atoms with E-state index in [-0.39, 0.29) is 52.1 Å². The van der Waals surface area contributed by atoms with Gasteiger partial charge in [-0.25, -0.2) is 0 Å². The SMILES string of the molecule is CON=O.Oc1ccccc1O.[Ca+2].[H-].[H-]. The molecule has 0 heterocycles. The van der Waals surface area contributed by atoms with Gasteiger partial charge in [0.1, 0.15) is 7.11 Å². The normalized spacial score (nSPS) is 7.15. The molecule has 1 aromatic rings. The molecule has 1 rings (SSSR count). The van der Waals surface area contributed by atoms with Crippen LogP contribution in [0.5, 0.6) is 11.5 Å². The summed E-state index contributed by atoms with van der Waals surface area (Å²) in [7, 11) is 1.20. The van der Waals surface area contributed by atoms with E-state index in [1.165, 1.54) is 19.2 Å². The van der Waals surface area contributed by atoms with Crippen molar-refractivity contribution in [3.63, 3.8) is 0 Å². The standard InChI is InChI=1S/C6H6O2.CH3NO2.Ca.2H/c7-5-3-1-2-4-6(5)8;1-4-2-3;;;/h1-4,7-8H;1H3;;;/q;;+2;2*-1. The summed E-state index contributed by atoms with van der Waals surface area (Å²) < 4.78 is 0. The van der Waals surface area contributed by atoms with Gasteiger partial charge in [0.25, 0.3) is 0 Å². The number of phenols is 2. The molecule has 0 aromatic heterocycles. The van der Waals surface area contributed by atoms with E-state index in [9.17, 15) is 0 Å². The number of rotatable bonds is 1. The first-order valence-corrected chi connectivity index (χ1v) is 3.05. The third-order valence-electron chi connectivity index (χ3n) is 0.956. The topological polar surface area (TPSA) is 79.1 Å². The Labute approximate surface area is 108 Å². The first-order chi connectivity index (χ1) is 5.72. The quantitative estimate of drug-likeness (QED) is 0.318. The van der Waals surface area contributed by atoms with Crippen LogP contribution < -0.4 is 0 Å². The second kappa shape index (κ2) is 9.57. The first kappa shape index (κ1) is 15.0. The van der Waals surface area contributed by atoms with Crippen LogP contribution in [-0.2, 0) is 4.84 Å². The van der Waals surface area contributed by atoms with Gasteiger partial charge in [-0.1, -0.05) is 12.1 Å². The monoisotopic (exact) mass is 213 g/mol. The first-order valence-electron chi connectivity index (χ1n) is 3.05. The molecule has 0 unspecified atom stereocenters. The molecule has 0 fully saturated rings. The van der Waals surface area contributed by atoms with Crippen LogP contribution in [0.1, 0.15) is 2.85 Å². The molecule has 2 N–H and O–H groups in total. The summed E-state index contributed by atoms with van der Waals surface area (Å²) in [6, 6.07) is 6.15. The van der Waals surface area contributed by atoms with Crippen LogP contribution in [0.25, 0.3) is 0 Å². The van der Waals surface area contributed by atoms with Crippen molar-refractivity contribution in [1.82, 2.24) is 0 Å². The van der Waals surface area contributed by atoms with Gasteiger partial charge in [-0.05, 0) is 12.1 Å². The summed E-state index contributed by atoms with van der Waals surface area (Å²) in [4.78, 5) is 12.3. The molecule has 0 aliphatic rings. The van der Waals surface area contributed by atoms with Gasteiger partial charge in [0.15, 0.2) is 16.8 Å². The molecule has 0 atom stereocenters. The van der Waals surface area contributed by atoms with Gasteiger partial charge in [0, 0.05) is 0 Å². The molecule has 6 heteroatoms. The minimum atomic E-state index is -0.0764. The zero-order valence-electron chi connectivity index (χ0n) is 9.17. The summed E-state index contributed by atoms with van der Waals surface area (Å²) in [5.74, 6) is -0.153. The van der Waals surface area contributed by atoms with E-state index in [4.69, 9.17) is 15.1 Å². The Balaban J connectivity index is -0.0000000779. The Hall–Kier alpha value is -0.520. The fourth-order valence-electron chi connectivity index (χ4n) is 0.464. The van der Waals surface area contributed by atoms with E-state index < -0.39 is 0 Å². The maximum atomic E-state index is 8.70. The van der Waals surface area contributed by atoms with Crippen molar-refractivity contribution in [2.45, 2.75) is 0 Å². The Morgan fingerprint density at radius 2 is 1.62 bits per heavy atom. The number of phenolic OH excluding ortho intramolecular Hbond substituents is 2. The van der Waals surface area contributed by atoms with Crippen LogP contribution in [0, 0.1) is 4.91 Å². The zero-order valence-corrected chi connectivity index (χ0v) is 9.38. The minimum Gasteiger partial charge on any atom is -1.00 e. The van der Waals surface area contributed by atoms with Crippen LogP contribution in [0.2, 0.25) is 0 Å². The van der Waals surface area contributed by atoms with Gasteiger partial charge >= 0.3 is 37.7 Å². The van der Waals surface area contributed by atoms with Crippen LogP contribution in [0.4, 0.5) is 0 Å². The van der Waals surface area contributed by atoms with Crippen molar-refractivity contribution in [2.75, 3.05) is 7.11 Å². The van der Waals surface area contributed by atoms with E-state index in [0.717, 1.165) is 0 Å². The molecule has 0 saturated carbocycles. The molecule has 5 nitrogen and oxygen atoms in total. The van der Waals surface area contributed by atoms with Gasteiger partial charge in [0.05, 0.1) is 0 Å². The number of para-hydroxylation sites is 2. The average molecular weight is 213 g/mol. The fraction of sp³-hybridized carbons (Fsp3) is 0.143. The van der Waals surface area contributed by atoms with E-state index in [1.54, 1.807) is 12.1 Å². The maximum Gasteiger partial charge on any atom is 2.00 e. The Kier molecular flexibility index (Phi) is 11.0. The Morgan fingerprint density at radius 1 is 1.31 bits per heavy atom. The number of benzene rings is 1. The third-order valence-corrected chi connectivity index (χ3v) is 0.956. The fourth-order valence-corrected chi connectivity index (χ4v) is 0.464. The van der Waals surface area contributed by atoms with Crippen LogP contribution in [0.3, 0.4) is 0 Å². The maximum absolute atomic E-state index is 8.70. The molecule has 0 aliphatic carbocycles. The van der Waals surface area contributed by atoms with Crippen molar-refractivity contribution in [1.29, 1.82) is 0 Å². The van der Waals surface area contributed by atoms with Crippen molar-refractivity contribution in [3.8, 4) is 11.5 Å². The predicted molar refractivity (Wildman–Crippen MR) is 50.6 cm³/mol. The van der Waals surface area contributed by atoms with Gasteiger partial charge in [-0.3, -0.25) is 0 Å². The van der Waals surface area contributed by atoms with Crippen molar-refractivity contribution < 1.29 is 17.9 Å². The minimum absolute atomic E-state index is 0. The molecule has 0 radical (unpaired) electrons. The molecular weight excluding hydrogens is 202 g/mol. The van der Waals surface area contributed by atoms with Crippen LogP contribution in [0.15, 0.2) is 29.6 Å². The molecule has 0 spiro atoms. The largest absolute Gasteiger partial charge is 2.00 e. The summed E-state index contributed by atoms with van der Waals surface area (Å²) >= 11 is 0. The number of hydrogen-bond donors (Lipinski definition) is 2. The number of aromatic hydroxyl groups is 2. The van der Waals surface area contributed by atoms with Gasteiger partial charge in [-0.15, -0.1) is 4.91 Å². The predicted octanol–water partition coefficient (Wildman–Crippen LogP) is 1.26. The van der Waals surface area contributed by atoms with Crippen molar-refractivity contribution >= 4 is 37.7 Å². The summed E-state index contributed by atoms with van der Waals surface area (Å²) in [5, 5.41) is 19.3. The number of hydrogen-bond acceptors (Lipinski definition) is 5. The van der Waals surface area contributed by atoms with Crippen molar-refractivity contribution in [3.05, 3.63) is 29.2 Å². The summed E-state index contributed by atoms with van der Waals surface area (Å²) in [5.41, 5.74) is 0. The van der Waals surface area contributed by atoms with E-state index >= 15 is 0 Å². The Morgan fingerprint density at radius 3 is 1.77 bits per heavy atom. The molecule has 0 saturated heterocycles. The van der Waals surface area contributed by atoms with E-state index in [1.807, 2.05) is 5.34 Å². The van der Waals surface area contributed by atoms with Gasteiger partial charge in [0.2, 0.25) is 0 Å². The van der Waals surface area contributed by atoms with Gasteiger partial charge in [-0.2, -0.15) is 0 Å². The third kappa shape index (κ3) is 7.83. The smallest absolute Gasteiger partial charge is 1.00 e. The molecule has 70 valence electrons. The molecule has 13 heavy (non-hydrogen) atoms.